The summed E-state index contributed by atoms with van der Waals surface area (Å²) in [5.41, 5.74) is 1.75. The zero-order valence-electron chi connectivity index (χ0n) is 13.6. The smallest absolute Gasteiger partial charge is 0.349 e. The lowest BCUT2D eigenvalue weighted by atomic mass is 10.3. The van der Waals surface area contributed by atoms with Crippen molar-refractivity contribution in [1.82, 2.24) is 9.55 Å². The number of aryl methyl sites for hydroxylation is 1. The molecule has 0 spiro atoms. The van der Waals surface area contributed by atoms with E-state index in [-0.39, 0.29) is 6.61 Å². The van der Waals surface area contributed by atoms with Crippen LogP contribution in [0, 0.1) is 0 Å². The second-order valence-electron chi connectivity index (χ2n) is 5.17. The molecule has 0 N–H and O–H groups in total. The summed E-state index contributed by atoms with van der Waals surface area (Å²) in [5.74, 6) is 1.31. The minimum absolute atomic E-state index is 0.172. The number of benzene rings is 2. The summed E-state index contributed by atoms with van der Waals surface area (Å²) in [6.45, 7) is 2.35. The van der Waals surface area contributed by atoms with E-state index in [4.69, 9.17) is 14.2 Å². The van der Waals surface area contributed by atoms with Crippen LogP contribution in [0.4, 0.5) is 0 Å². The Hall–Kier alpha value is -3.02. The maximum Gasteiger partial charge on any atom is 0.349 e. The van der Waals surface area contributed by atoms with E-state index in [1.807, 2.05) is 24.6 Å². The maximum absolute atomic E-state index is 11.9. The molecule has 0 saturated heterocycles. The molecule has 2 aromatic carbocycles. The first-order valence-corrected chi connectivity index (χ1v) is 7.63. The summed E-state index contributed by atoms with van der Waals surface area (Å²) in [7, 11) is 1.91. The number of rotatable bonds is 6. The predicted octanol–water partition coefficient (Wildman–Crippen LogP) is 2.96. The molecule has 0 fully saturated rings. The lowest BCUT2D eigenvalue weighted by molar-refractivity contribution is -0.136. The van der Waals surface area contributed by atoms with Crippen LogP contribution in [0.15, 0.2) is 48.8 Å². The van der Waals surface area contributed by atoms with Gasteiger partial charge in [-0.05, 0) is 43.3 Å². The number of hydrogen-bond donors (Lipinski definition) is 0. The van der Waals surface area contributed by atoms with E-state index < -0.39 is 5.97 Å². The molecule has 24 heavy (non-hydrogen) atoms. The predicted molar refractivity (Wildman–Crippen MR) is 89.5 cm³/mol. The van der Waals surface area contributed by atoms with Gasteiger partial charge in [0.15, 0.2) is 6.61 Å². The van der Waals surface area contributed by atoms with Gasteiger partial charge in [0.1, 0.15) is 17.2 Å². The topological polar surface area (TPSA) is 62.6 Å². The summed E-state index contributed by atoms with van der Waals surface area (Å²) >= 11 is 0. The first-order valence-electron chi connectivity index (χ1n) is 7.63. The van der Waals surface area contributed by atoms with Gasteiger partial charge in [-0.3, -0.25) is 0 Å². The minimum Gasteiger partial charge on any atom is -0.494 e. The van der Waals surface area contributed by atoms with Crippen LogP contribution in [0.3, 0.4) is 0 Å². The fraction of sp³-hybridized carbons (Fsp3) is 0.222. The zero-order chi connectivity index (χ0) is 16.9. The van der Waals surface area contributed by atoms with Gasteiger partial charge in [0, 0.05) is 13.1 Å². The van der Waals surface area contributed by atoms with Crippen LogP contribution in [0.5, 0.6) is 17.2 Å². The Labute approximate surface area is 139 Å². The average molecular weight is 326 g/mol. The lowest BCUT2D eigenvalue weighted by Crippen LogP contribution is -2.17. The normalized spacial score (nSPS) is 10.6. The van der Waals surface area contributed by atoms with Gasteiger partial charge in [-0.25, -0.2) is 9.78 Å². The van der Waals surface area contributed by atoms with E-state index in [1.54, 1.807) is 42.7 Å². The molecule has 0 bridgehead atoms. The van der Waals surface area contributed by atoms with E-state index in [2.05, 4.69) is 4.98 Å². The molecular weight excluding hydrogens is 308 g/mol. The molecule has 0 unspecified atom stereocenters. The van der Waals surface area contributed by atoms with Crippen LogP contribution in [0.2, 0.25) is 0 Å². The van der Waals surface area contributed by atoms with Crippen LogP contribution in [0.1, 0.15) is 6.92 Å². The average Bonchev–Trinajstić information content (AvgIpc) is 2.95. The molecule has 0 aliphatic heterocycles. The molecule has 0 saturated carbocycles. The number of esters is 1. The fourth-order valence-corrected chi connectivity index (χ4v) is 2.28. The third-order valence-electron chi connectivity index (χ3n) is 3.42. The minimum atomic E-state index is -0.473. The Balaban J connectivity index is 1.56. The van der Waals surface area contributed by atoms with Crippen molar-refractivity contribution in [1.29, 1.82) is 0 Å². The number of nitrogens with zero attached hydrogens (tertiary/aromatic N) is 2. The third-order valence-corrected chi connectivity index (χ3v) is 3.42. The third kappa shape index (κ3) is 3.65. The highest BCUT2D eigenvalue weighted by Gasteiger charge is 2.08. The second-order valence-corrected chi connectivity index (χ2v) is 5.17. The Bertz CT molecular complexity index is 840. The maximum atomic E-state index is 11.9. The van der Waals surface area contributed by atoms with Crippen LogP contribution >= 0.6 is 0 Å². The van der Waals surface area contributed by atoms with Gasteiger partial charge in [0.05, 0.1) is 24.0 Å². The van der Waals surface area contributed by atoms with Crippen molar-refractivity contribution in [2.24, 2.45) is 7.05 Å². The van der Waals surface area contributed by atoms with Gasteiger partial charge in [0.25, 0.3) is 0 Å². The number of aromatic nitrogens is 2. The van der Waals surface area contributed by atoms with Gasteiger partial charge in [0.2, 0.25) is 0 Å². The quantitative estimate of drug-likeness (QED) is 0.515. The van der Waals surface area contributed by atoms with Crippen molar-refractivity contribution in [2.45, 2.75) is 6.92 Å². The molecule has 0 amide bonds. The Morgan fingerprint density at radius 2 is 1.71 bits per heavy atom. The number of carbonyl (C=O) groups is 1. The van der Waals surface area contributed by atoms with Crippen molar-refractivity contribution < 1.29 is 19.0 Å². The molecule has 0 atom stereocenters. The largest absolute Gasteiger partial charge is 0.494 e. The van der Waals surface area contributed by atoms with E-state index in [9.17, 15) is 4.79 Å². The van der Waals surface area contributed by atoms with E-state index >= 15 is 0 Å². The first kappa shape index (κ1) is 15.9. The van der Waals surface area contributed by atoms with Gasteiger partial charge in [-0.1, -0.05) is 0 Å². The molecule has 124 valence electrons. The summed E-state index contributed by atoms with van der Waals surface area (Å²) in [6, 6.07) is 12.4. The van der Waals surface area contributed by atoms with Gasteiger partial charge < -0.3 is 18.8 Å². The van der Waals surface area contributed by atoms with Gasteiger partial charge in [-0.2, -0.15) is 0 Å². The second kappa shape index (κ2) is 7.04. The summed E-state index contributed by atoms with van der Waals surface area (Å²) < 4.78 is 17.9. The summed E-state index contributed by atoms with van der Waals surface area (Å²) in [5, 5.41) is 0. The van der Waals surface area contributed by atoms with Gasteiger partial charge in [-0.15, -0.1) is 0 Å². The Morgan fingerprint density at radius 1 is 1.04 bits per heavy atom. The number of fused-ring (bicyclic) bond motifs is 1. The molecule has 3 aromatic rings. The van der Waals surface area contributed by atoms with E-state index in [1.165, 1.54) is 0 Å². The molecule has 6 nitrogen and oxygen atoms in total. The van der Waals surface area contributed by atoms with Crippen LogP contribution < -0.4 is 14.2 Å². The monoisotopic (exact) mass is 326 g/mol. The van der Waals surface area contributed by atoms with Crippen LogP contribution in [-0.4, -0.2) is 28.7 Å². The standard InChI is InChI=1S/C18H18N2O4/c1-3-22-13-4-6-14(7-5-13)23-11-18(21)24-15-8-9-17-16(10-15)19-12-20(17)2/h4-10,12H,3,11H2,1-2H3. The number of hydrogen-bond acceptors (Lipinski definition) is 5. The lowest BCUT2D eigenvalue weighted by Gasteiger charge is -2.08. The number of ether oxygens (including phenoxy) is 3. The van der Waals surface area contributed by atoms with Crippen LogP contribution in [0.25, 0.3) is 11.0 Å². The fourth-order valence-electron chi connectivity index (χ4n) is 2.28. The molecule has 0 aliphatic carbocycles. The SMILES string of the molecule is CCOc1ccc(OCC(=O)Oc2ccc3c(c2)ncn3C)cc1. The number of carbonyl (C=O) groups excluding carboxylic acids is 1. The van der Waals surface area contributed by atoms with E-state index in [0.717, 1.165) is 16.8 Å². The molecule has 0 aliphatic rings. The Morgan fingerprint density at radius 3 is 2.42 bits per heavy atom. The Kier molecular flexibility index (Phi) is 4.65. The van der Waals surface area contributed by atoms with Crippen molar-refractivity contribution in [2.75, 3.05) is 13.2 Å². The molecular formula is C18H18N2O4. The van der Waals surface area contributed by atoms with Crippen molar-refractivity contribution in [3.63, 3.8) is 0 Å². The summed E-state index contributed by atoms with van der Waals surface area (Å²) in [4.78, 5) is 16.1. The molecule has 6 heteroatoms. The van der Waals surface area contributed by atoms with E-state index in [0.29, 0.717) is 18.1 Å². The number of imidazole rings is 1. The van der Waals surface area contributed by atoms with Gasteiger partial charge >= 0.3 is 5.97 Å². The molecule has 1 aromatic heterocycles. The highest BCUT2D eigenvalue weighted by molar-refractivity contribution is 5.79. The van der Waals surface area contributed by atoms with Crippen LogP contribution in [-0.2, 0) is 11.8 Å². The first-order chi connectivity index (χ1) is 11.7. The summed E-state index contributed by atoms with van der Waals surface area (Å²) in [6.07, 6.45) is 1.71. The van der Waals surface area contributed by atoms with Crippen molar-refractivity contribution >= 4 is 17.0 Å². The van der Waals surface area contributed by atoms with Crippen molar-refractivity contribution in [3.8, 4) is 17.2 Å². The molecule has 0 radical (unpaired) electrons. The molecule has 1 heterocycles. The molecule has 3 rings (SSSR count). The highest BCUT2D eigenvalue weighted by Crippen LogP contribution is 2.20. The zero-order valence-corrected chi connectivity index (χ0v) is 13.6. The highest BCUT2D eigenvalue weighted by atomic mass is 16.6. The van der Waals surface area contributed by atoms with Crippen molar-refractivity contribution in [3.05, 3.63) is 48.8 Å².